The molecule has 0 heterocycles. The van der Waals surface area contributed by atoms with Crippen molar-refractivity contribution >= 4 is 23.7 Å². The number of aliphatic hydroxyl groups excluding tert-OH is 1. The molecule has 0 bridgehead atoms. The summed E-state index contributed by atoms with van der Waals surface area (Å²) in [5, 5.41) is 27.3. The highest BCUT2D eigenvalue weighted by Crippen LogP contribution is 2.20. The minimum Gasteiger partial charge on any atom is -0.481 e. The molecule has 28 heavy (non-hydrogen) atoms. The first kappa shape index (κ1) is 26.2. The summed E-state index contributed by atoms with van der Waals surface area (Å²) in [6.45, 7) is 2.19. The zero-order valence-electron chi connectivity index (χ0n) is 16.7. The van der Waals surface area contributed by atoms with Gasteiger partial charge in [0.1, 0.15) is 0 Å². The number of aliphatic hydroxyl groups is 1. The van der Waals surface area contributed by atoms with E-state index in [1.807, 2.05) is 18.2 Å². The molecule has 158 valence electrons. The molecule has 3 N–H and O–H groups in total. The highest BCUT2D eigenvalue weighted by molar-refractivity contribution is 8.00. The summed E-state index contributed by atoms with van der Waals surface area (Å²) < 4.78 is 0. The topological polar surface area (TPSA) is 94.8 Å². The van der Waals surface area contributed by atoms with Crippen LogP contribution in [0.2, 0.25) is 0 Å². The molecule has 0 spiro atoms. The van der Waals surface area contributed by atoms with E-state index in [-0.39, 0.29) is 17.4 Å². The quantitative estimate of drug-likeness (QED) is 0.178. The fourth-order valence-corrected chi connectivity index (χ4v) is 3.25. The van der Waals surface area contributed by atoms with Gasteiger partial charge < -0.3 is 15.3 Å². The molecule has 0 saturated carbocycles. The number of carbonyl (C=O) groups is 2. The van der Waals surface area contributed by atoms with E-state index in [2.05, 4.69) is 25.2 Å². The Balaban J connectivity index is 4.33. The van der Waals surface area contributed by atoms with Crippen molar-refractivity contribution < 1.29 is 24.9 Å². The van der Waals surface area contributed by atoms with E-state index in [1.165, 1.54) is 19.3 Å². The second-order valence-corrected chi connectivity index (χ2v) is 7.59. The third kappa shape index (κ3) is 17.6. The van der Waals surface area contributed by atoms with Crippen molar-refractivity contribution in [2.45, 2.75) is 69.6 Å². The molecular formula is C22H34O5S. The number of carboxylic acid groups (broad SMARTS) is 2. The van der Waals surface area contributed by atoms with Crippen molar-refractivity contribution in [3.05, 3.63) is 48.6 Å². The lowest BCUT2D eigenvalue weighted by molar-refractivity contribution is -0.137. The zero-order valence-corrected chi connectivity index (χ0v) is 17.5. The van der Waals surface area contributed by atoms with Gasteiger partial charge in [0.15, 0.2) is 0 Å². The second-order valence-electron chi connectivity index (χ2n) is 6.42. The van der Waals surface area contributed by atoms with Crippen molar-refractivity contribution in [1.82, 2.24) is 0 Å². The van der Waals surface area contributed by atoms with Crippen LogP contribution in [0.4, 0.5) is 0 Å². The van der Waals surface area contributed by atoms with Gasteiger partial charge in [0.05, 0.1) is 11.9 Å². The van der Waals surface area contributed by atoms with Gasteiger partial charge >= 0.3 is 11.9 Å². The molecule has 0 unspecified atom stereocenters. The number of thioether (sulfide) groups is 1. The Bertz CT molecular complexity index is 537. The first-order valence-electron chi connectivity index (χ1n) is 9.85. The number of unbranched alkanes of at least 4 members (excludes halogenated alkanes) is 3. The van der Waals surface area contributed by atoms with E-state index >= 15 is 0 Å². The minimum atomic E-state index is -0.942. The van der Waals surface area contributed by atoms with Crippen LogP contribution in [0.5, 0.6) is 0 Å². The summed E-state index contributed by atoms with van der Waals surface area (Å²) in [6.07, 6.45) is 21.3. The zero-order chi connectivity index (χ0) is 21.0. The van der Waals surface area contributed by atoms with Crippen molar-refractivity contribution in [3.63, 3.8) is 0 Å². The lowest BCUT2D eigenvalue weighted by Crippen LogP contribution is -2.23. The normalized spacial score (nSPS) is 14.5. The molecule has 0 saturated heterocycles. The van der Waals surface area contributed by atoms with Gasteiger partial charge in [-0.3, -0.25) is 9.59 Å². The predicted molar refractivity (Wildman–Crippen MR) is 117 cm³/mol. The maximum atomic E-state index is 10.8. The SMILES string of the molecule is CCCCC/C=C\C\C=C/C=C/C=C/[C@@H](SCC(=O)O)[C@@H](O)CCCC(=O)O. The molecule has 0 aliphatic heterocycles. The van der Waals surface area contributed by atoms with Crippen LogP contribution in [-0.2, 0) is 9.59 Å². The van der Waals surface area contributed by atoms with Crippen molar-refractivity contribution in [2.24, 2.45) is 0 Å². The largest absolute Gasteiger partial charge is 0.481 e. The van der Waals surface area contributed by atoms with E-state index in [4.69, 9.17) is 10.2 Å². The fraction of sp³-hybridized carbons (Fsp3) is 0.545. The molecule has 0 fully saturated rings. The summed E-state index contributed by atoms with van der Waals surface area (Å²) in [5.41, 5.74) is 0. The molecule has 2 atom stereocenters. The van der Waals surface area contributed by atoms with Crippen LogP contribution in [0.25, 0.3) is 0 Å². The Kier molecular flexibility index (Phi) is 17.4. The van der Waals surface area contributed by atoms with Gasteiger partial charge in [-0.1, -0.05) is 68.4 Å². The fourth-order valence-electron chi connectivity index (χ4n) is 2.35. The molecule has 0 amide bonds. The Morgan fingerprint density at radius 3 is 2.36 bits per heavy atom. The first-order chi connectivity index (χ1) is 13.5. The van der Waals surface area contributed by atoms with E-state index in [1.54, 1.807) is 12.2 Å². The highest BCUT2D eigenvalue weighted by atomic mass is 32.2. The van der Waals surface area contributed by atoms with Crippen LogP contribution in [0, 0.1) is 0 Å². The van der Waals surface area contributed by atoms with Gasteiger partial charge in [-0.15, -0.1) is 11.8 Å². The van der Waals surface area contributed by atoms with E-state index in [0.717, 1.165) is 24.6 Å². The van der Waals surface area contributed by atoms with Crippen LogP contribution in [-0.4, -0.2) is 44.4 Å². The number of allylic oxidation sites excluding steroid dienone is 7. The molecule has 0 aliphatic carbocycles. The van der Waals surface area contributed by atoms with Crippen LogP contribution >= 0.6 is 11.8 Å². The van der Waals surface area contributed by atoms with Crippen molar-refractivity contribution in [1.29, 1.82) is 0 Å². The third-order valence-electron chi connectivity index (χ3n) is 3.85. The molecule has 0 aromatic rings. The van der Waals surface area contributed by atoms with Crippen molar-refractivity contribution in [2.75, 3.05) is 5.75 Å². The summed E-state index contributed by atoms with van der Waals surface area (Å²) >= 11 is 1.13. The number of rotatable bonds is 17. The Hall–Kier alpha value is -1.79. The van der Waals surface area contributed by atoms with Gasteiger partial charge in [-0.05, 0) is 32.1 Å². The van der Waals surface area contributed by atoms with Crippen LogP contribution in [0.3, 0.4) is 0 Å². The maximum absolute atomic E-state index is 10.8. The third-order valence-corrected chi connectivity index (χ3v) is 5.12. The molecule has 0 aromatic carbocycles. The molecular weight excluding hydrogens is 376 g/mol. The Labute approximate surface area is 172 Å². The molecule has 0 radical (unpaired) electrons. The van der Waals surface area contributed by atoms with Crippen molar-refractivity contribution in [3.8, 4) is 0 Å². The Morgan fingerprint density at radius 1 is 0.929 bits per heavy atom. The van der Waals surface area contributed by atoms with Gasteiger partial charge in [0.2, 0.25) is 0 Å². The minimum absolute atomic E-state index is 0.00512. The molecule has 0 aromatic heterocycles. The summed E-state index contributed by atoms with van der Waals surface area (Å²) in [7, 11) is 0. The monoisotopic (exact) mass is 410 g/mol. The molecule has 6 heteroatoms. The van der Waals surface area contributed by atoms with Crippen LogP contribution < -0.4 is 0 Å². The number of hydrogen-bond donors (Lipinski definition) is 3. The number of aliphatic carboxylic acids is 2. The van der Waals surface area contributed by atoms with E-state index < -0.39 is 18.0 Å². The van der Waals surface area contributed by atoms with Gasteiger partial charge in [-0.2, -0.15) is 0 Å². The molecule has 5 nitrogen and oxygen atoms in total. The van der Waals surface area contributed by atoms with Crippen LogP contribution in [0.1, 0.15) is 58.3 Å². The summed E-state index contributed by atoms with van der Waals surface area (Å²) in [4.78, 5) is 21.3. The molecule has 0 rings (SSSR count). The van der Waals surface area contributed by atoms with Gasteiger partial charge in [0, 0.05) is 11.7 Å². The van der Waals surface area contributed by atoms with E-state index in [0.29, 0.717) is 12.8 Å². The number of hydrogen-bond acceptors (Lipinski definition) is 4. The molecule has 0 aliphatic rings. The second kappa shape index (κ2) is 18.6. The summed E-state index contributed by atoms with van der Waals surface area (Å²) in [5.74, 6) is -1.95. The maximum Gasteiger partial charge on any atom is 0.313 e. The smallest absolute Gasteiger partial charge is 0.313 e. The lowest BCUT2D eigenvalue weighted by Gasteiger charge is -2.18. The van der Waals surface area contributed by atoms with Gasteiger partial charge in [-0.25, -0.2) is 0 Å². The lowest BCUT2D eigenvalue weighted by atomic mass is 10.1. The van der Waals surface area contributed by atoms with E-state index in [9.17, 15) is 14.7 Å². The average molecular weight is 411 g/mol. The number of carboxylic acids is 2. The Morgan fingerprint density at radius 2 is 1.68 bits per heavy atom. The predicted octanol–water partition coefficient (Wildman–Crippen LogP) is 4.98. The average Bonchev–Trinajstić information content (AvgIpc) is 2.64. The highest BCUT2D eigenvalue weighted by Gasteiger charge is 2.18. The summed E-state index contributed by atoms with van der Waals surface area (Å²) in [6, 6.07) is 0. The van der Waals surface area contributed by atoms with Gasteiger partial charge in [0.25, 0.3) is 0 Å². The first-order valence-corrected chi connectivity index (χ1v) is 10.9. The van der Waals surface area contributed by atoms with Crippen LogP contribution in [0.15, 0.2) is 48.6 Å². The standard InChI is InChI=1S/C22H34O5S/c1-2-3-4-5-6-7-8-9-10-11-12-13-16-20(28-18-22(26)27)19(23)15-14-17-21(24)25/h6-7,9-13,16,19-20,23H,2-5,8,14-15,17-18H2,1H3,(H,24,25)(H,26,27)/b7-6-,10-9-,12-11+,16-13+/t19-,20+/m0/s1.